The highest BCUT2D eigenvalue weighted by Crippen LogP contribution is 2.27. The molecule has 1 atom stereocenters. The summed E-state index contributed by atoms with van der Waals surface area (Å²) in [5.41, 5.74) is 6.94. The highest BCUT2D eigenvalue weighted by molar-refractivity contribution is 6.30. The van der Waals surface area contributed by atoms with Gasteiger partial charge in [-0.25, -0.2) is 4.98 Å². The number of nitrogens with two attached hydrogens (primary N) is 1. The maximum absolute atomic E-state index is 5.99. The van der Waals surface area contributed by atoms with Crippen LogP contribution in [0.25, 0.3) is 0 Å². The fourth-order valence-electron chi connectivity index (χ4n) is 1.85. The Morgan fingerprint density at radius 2 is 2.18 bits per heavy atom. The summed E-state index contributed by atoms with van der Waals surface area (Å²) in [4.78, 5) is 4.12. The number of nitrogens with one attached hydrogen (secondary N) is 1. The van der Waals surface area contributed by atoms with Crippen LogP contribution in [-0.4, -0.2) is 11.5 Å². The van der Waals surface area contributed by atoms with Gasteiger partial charge in [-0.2, -0.15) is 0 Å². The molecule has 1 aromatic rings. The van der Waals surface area contributed by atoms with E-state index in [9.17, 15) is 0 Å². The van der Waals surface area contributed by atoms with Crippen LogP contribution < -0.4 is 11.1 Å². The Kier molecular flexibility index (Phi) is 5.72. The van der Waals surface area contributed by atoms with E-state index >= 15 is 0 Å². The Balaban J connectivity index is 2.90. The second-order valence-corrected chi connectivity index (χ2v) is 5.20. The molecule has 1 rings (SSSR count). The van der Waals surface area contributed by atoms with Crippen LogP contribution in [0.1, 0.15) is 45.2 Å². The van der Waals surface area contributed by atoms with E-state index in [1.165, 1.54) is 0 Å². The zero-order valence-corrected chi connectivity index (χ0v) is 11.6. The summed E-state index contributed by atoms with van der Waals surface area (Å²) < 4.78 is 0. The molecule has 0 saturated heterocycles. The van der Waals surface area contributed by atoms with Crippen molar-refractivity contribution in [2.75, 3.05) is 12.3 Å². The van der Waals surface area contributed by atoms with Gasteiger partial charge < -0.3 is 11.1 Å². The zero-order valence-electron chi connectivity index (χ0n) is 10.8. The second kappa shape index (κ2) is 6.82. The van der Waals surface area contributed by atoms with Crippen molar-refractivity contribution < 1.29 is 0 Å². The molecule has 1 aromatic heterocycles. The molecule has 4 heteroatoms. The van der Waals surface area contributed by atoms with Crippen molar-refractivity contribution in [3.05, 3.63) is 22.8 Å². The first-order valence-corrected chi connectivity index (χ1v) is 6.56. The fourth-order valence-corrected chi connectivity index (χ4v) is 2.02. The standard InChI is InChI=1S/C13H22ClN3/c1-4-5-16-12(6-9(2)3)11-7-10(14)8-17-13(11)15/h7-9,12,16H,4-6H2,1-3H3,(H2,15,17). The maximum atomic E-state index is 5.99. The number of nitrogens with zero attached hydrogens (tertiary/aromatic N) is 1. The van der Waals surface area contributed by atoms with Crippen LogP contribution >= 0.6 is 11.6 Å². The minimum Gasteiger partial charge on any atom is -0.383 e. The van der Waals surface area contributed by atoms with Gasteiger partial charge in [0.15, 0.2) is 0 Å². The zero-order chi connectivity index (χ0) is 12.8. The van der Waals surface area contributed by atoms with Gasteiger partial charge in [0.2, 0.25) is 0 Å². The summed E-state index contributed by atoms with van der Waals surface area (Å²) in [6, 6.07) is 2.15. The summed E-state index contributed by atoms with van der Waals surface area (Å²) >= 11 is 5.99. The summed E-state index contributed by atoms with van der Waals surface area (Å²) in [5.74, 6) is 1.17. The first-order chi connectivity index (χ1) is 8.04. The van der Waals surface area contributed by atoms with Gasteiger partial charge in [0.05, 0.1) is 5.02 Å². The molecule has 0 aliphatic rings. The van der Waals surface area contributed by atoms with E-state index in [1.54, 1.807) is 6.20 Å². The van der Waals surface area contributed by atoms with Crippen molar-refractivity contribution in [3.8, 4) is 0 Å². The monoisotopic (exact) mass is 255 g/mol. The van der Waals surface area contributed by atoms with Gasteiger partial charge in [0.25, 0.3) is 0 Å². The normalized spacial score (nSPS) is 13.0. The van der Waals surface area contributed by atoms with Gasteiger partial charge in [-0.15, -0.1) is 0 Å². The van der Waals surface area contributed by atoms with Crippen LogP contribution in [0.15, 0.2) is 12.3 Å². The smallest absolute Gasteiger partial charge is 0.128 e. The molecule has 96 valence electrons. The summed E-state index contributed by atoms with van der Waals surface area (Å²) in [7, 11) is 0. The molecule has 0 aliphatic carbocycles. The molecule has 0 saturated carbocycles. The lowest BCUT2D eigenvalue weighted by molar-refractivity contribution is 0.430. The van der Waals surface area contributed by atoms with E-state index in [2.05, 4.69) is 31.1 Å². The lowest BCUT2D eigenvalue weighted by Crippen LogP contribution is -2.24. The first kappa shape index (κ1) is 14.3. The summed E-state index contributed by atoms with van der Waals surface area (Å²) in [5, 5.41) is 4.15. The molecule has 3 nitrogen and oxygen atoms in total. The third-order valence-corrected chi connectivity index (χ3v) is 2.85. The lowest BCUT2D eigenvalue weighted by atomic mass is 9.97. The quantitative estimate of drug-likeness (QED) is 0.819. The van der Waals surface area contributed by atoms with E-state index in [0.29, 0.717) is 16.8 Å². The van der Waals surface area contributed by atoms with Crippen molar-refractivity contribution >= 4 is 17.4 Å². The molecular weight excluding hydrogens is 234 g/mol. The van der Waals surface area contributed by atoms with Crippen molar-refractivity contribution in [1.29, 1.82) is 0 Å². The largest absolute Gasteiger partial charge is 0.383 e. The van der Waals surface area contributed by atoms with Gasteiger partial charge in [0, 0.05) is 17.8 Å². The van der Waals surface area contributed by atoms with Crippen molar-refractivity contribution in [2.24, 2.45) is 5.92 Å². The molecule has 0 aliphatic heterocycles. The molecule has 1 unspecified atom stereocenters. The summed E-state index contributed by atoms with van der Waals surface area (Å²) in [6.07, 6.45) is 3.72. The van der Waals surface area contributed by atoms with E-state index in [0.717, 1.165) is 24.9 Å². The molecule has 17 heavy (non-hydrogen) atoms. The van der Waals surface area contributed by atoms with Crippen LogP contribution in [-0.2, 0) is 0 Å². The summed E-state index contributed by atoms with van der Waals surface area (Å²) in [6.45, 7) is 7.53. The van der Waals surface area contributed by atoms with E-state index < -0.39 is 0 Å². The Hall–Kier alpha value is -0.800. The highest BCUT2D eigenvalue weighted by Gasteiger charge is 2.16. The van der Waals surface area contributed by atoms with Gasteiger partial charge >= 0.3 is 0 Å². The third kappa shape index (κ3) is 4.52. The molecule has 0 bridgehead atoms. The van der Waals surface area contributed by atoms with Gasteiger partial charge in [0.1, 0.15) is 5.82 Å². The molecule has 0 fully saturated rings. The van der Waals surface area contributed by atoms with Crippen LogP contribution in [0.5, 0.6) is 0 Å². The number of rotatable bonds is 6. The van der Waals surface area contributed by atoms with Crippen molar-refractivity contribution in [2.45, 2.75) is 39.7 Å². The number of anilines is 1. The lowest BCUT2D eigenvalue weighted by Gasteiger charge is -2.22. The molecule has 0 spiro atoms. The number of nitrogen functional groups attached to an aromatic ring is 1. The number of hydrogen-bond acceptors (Lipinski definition) is 3. The predicted molar refractivity (Wildman–Crippen MR) is 74.1 cm³/mol. The number of halogens is 1. The topological polar surface area (TPSA) is 50.9 Å². The fraction of sp³-hybridized carbons (Fsp3) is 0.615. The number of pyridine rings is 1. The molecule has 0 aromatic carbocycles. The first-order valence-electron chi connectivity index (χ1n) is 6.18. The Labute approximate surface area is 109 Å². The third-order valence-electron chi connectivity index (χ3n) is 2.64. The van der Waals surface area contributed by atoms with Gasteiger partial charge in [-0.3, -0.25) is 0 Å². The van der Waals surface area contributed by atoms with E-state index in [-0.39, 0.29) is 6.04 Å². The average molecular weight is 256 g/mol. The molecule has 0 amide bonds. The molecular formula is C13H22ClN3. The predicted octanol–water partition coefficient (Wildman–Crippen LogP) is 3.40. The Morgan fingerprint density at radius 3 is 2.76 bits per heavy atom. The van der Waals surface area contributed by atoms with Crippen LogP contribution in [0.2, 0.25) is 5.02 Å². The maximum Gasteiger partial charge on any atom is 0.128 e. The second-order valence-electron chi connectivity index (χ2n) is 4.76. The molecule has 1 heterocycles. The van der Waals surface area contributed by atoms with Gasteiger partial charge in [-0.05, 0) is 31.4 Å². The van der Waals surface area contributed by atoms with Crippen molar-refractivity contribution in [1.82, 2.24) is 10.3 Å². The highest BCUT2D eigenvalue weighted by atomic mass is 35.5. The molecule has 0 radical (unpaired) electrons. The minimum absolute atomic E-state index is 0.237. The SMILES string of the molecule is CCCNC(CC(C)C)c1cc(Cl)cnc1N. The minimum atomic E-state index is 0.237. The number of aromatic nitrogens is 1. The Morgan fingerprint density at radius 1 is 1.47 bits per heavy atom. The van der Waals surface area contributed by atoms with E-state index in [1.807, 2.05) is 6.07 Å². The van der Waals surface area contributed by atoms with Gasteiger partial charge in [-0.1, -0.05) is 32.4 Å². The van der Waals surface area contributed by atoms with Crippen LogP contribution in [0.4, 0.5) is 5.82 Å². The molecule has 3 N–H and O–H groups in total. The van der Waals surface area contributed by atoms with E-state index in [4.69, 9.17) is 17.3 Å². The number of hydrogen-bond donors (Lipinski definition) is 2. The average Bonchev–Trinajstić information content (AvgIpc) is 2.27. The van der Waals surface area contributed by atoms with Crippen LogP contribution in [0, 0.1) is 5.92 Å². The Bertz CT molecular complexity index is 353. The van der Waals surface area contributed by atoms with Crippen LogP contribution in [0.3, 0.4) is 0 Å². The van der Waals surface area contributed by atoms with Crippen molar-refractivity contribution in [3.63, 3.8) is 0 Å².